The van der Waals surface area contributed by atoms with Gasteiger partial charge < -0.3 is 9.47 Å². The molecule has 2 bridgehead atoms. The van der Waals surface area contributed by atoms with Crippen molar-refractivity contribution in [2.45, 2.75) is 38.0 Å². The van der Waals surface area contributed by atoms with Crippen molar-refractivity contribution >= 4 is 11.9 Å². The number of carbonyl (C=O) groups is 2. The Kier molecular flexibility index (Phi) is 6.28. The lowest BCUT2D eigenvalue weighted by Crippen LogP contribution is -2.60. The van der Waals surface area contributed by atoms with Gasteiger partial charge in [-0.2, -0.15) is 5.26 Å². The van der Waals surface area contributed by atoms with Crippen molar-refractivity contribution in [1.29, 1.82) is 5.26 Å². The van der Waals surface area contributed by atoms with Crippen molar-refractivity contribution in [2.24, 2.45) is 5.92 Å². The molecule has 0 N–H and O–H groups in total. The van der Waals surface area contributed by atoms with E-state index in [1.54, 1.807) is 4.90 Å². The van der Waals surface area contributed by atoms with Crippen LogP contribution in [0.2, 0.25) is 0 Å². The van der Waals surface area contributed by atoms with Gasteiger partial charge >= 0.3 is 6.09 Å². The molecule has 0 spiro atoms. The topological polar surface area (TPSA) is 79.6 Å². The standard InChI is InChI=1S/C24H23FN2O4/c25-20-7-6-17(12-26)18(8-20)11-23(28)19-9-21-14-30-15-22(10-19)27(21)24(29)31-13-16-4-2-1-3-5-16/h1-8,19,21-22H,9-11,13-15H2. The highest BCUT2D eigenvalue weighted by Crippen LogP contribution is 2.33. The molecule has 2 aliphatic rings. The fourth-order valence-electron chi connectivity index (χ4n) is 4.42. The van der Waals surface area contributed by atoms with Gasteiger partial charge in [-0.15, -0.1) is 0 Å². The Morgan fingerprint density at radius 1 is 1.13 bits per heavy atom. The molecule has 2 aliphatic heterocycles. The number of Topliss-reactive ketones (excluding diaryl/α,β-unsaturated/α-hetero) is 1. The highest BCUT2D eigenvalue weighted by molar-refractivity contribution is 5.84. The molecule has 2 heterocycles. The molecule has 0 saturated carbocycles. The van der Waals surface area contributed by atoms with Crippen LogP contribution >= 0.6 is 0 Å². The number of carbonyl (C=O) groups excluding carboxylic acids is 2. The lowest BCUT2D eigenvalue weighted by Gasteiger charge is -2.47. The molecule has 0 aliphatic carbocycles. The largest absolute Gasteiger partial charge is 0.445 e. The Morgan fingerprint density at radius 3 is 2.52 bits per heavy atom. The molecule has 31 heavy (non-hydrogen) atoms. The molecule has 2 aromatic carbocycles. The minimum absolute atomic E-state index is 0.00404. The van der Waals surface area contributed by atoms with Gasteiger partial charge in [0.25, 0.3) is 0 Å². The van der Waals surface area contributed by atoms with Gasteiger partial charge in [0.1, 0.15) is 18.2 Å². The predicted octanol–water partition coefficient (Wildman–Crippen LogP) is 3.63. The van der Waals surface area contributed by atoms with Gasteiger partial charge in [0.2, 0.25) is 0 Å². The van der Waals surface area contributed by atoms with Crippen molar-refractivity contribution in [1.82, 2.24) is 4.90 Å². The molecular formula is C24H23FN2O4. The van der Waals surface area contributed by atoms with Crippen LogP contribution in [-0.2, 0) is 27.3 Å². The molecule has 7 heteroatoms. The van der Waals surface area contributed by atoms with E-state index in [0.717, 1.165) is 5.56 Å². The smallest absolute Gasteiger partial charge is 0.410 e. The van der Waals surface area contributed by atoms with E-state index >= 15 is 0 Å². The maximum atomic E-state index is 13.6. The van der Waals surface area contributed by atoms with E-state index in [9.17, 15) is 19.2 Å². The minimum atomic E-state index is -0.469. The highest BCUT2D eigenvalue weighted by Gasteiger charge is 2.44. The maximum Gasteiger partial charge on any atom is 0.410 e. The second-order valence-corrected chi connectivity index (χ2v) is 8.02. The number of fused-ring (bicyclic) bond motifs is 2. The van der Waals surface area contributed by atoms with Crippen LogP contribution in [0, 0.1) is 23.1 Å². The Bertz CT molecular complexity index is 990. The number of ether oxygens (including phenoxy) is 2. The van der Waals surface area contributed by atoms with Crippen molar-refractivity contribution in [3.8, 4) is 6.07 Å². The number of halogens is 1. The number of benzene rings is 2. The first-order chi connectivity index (χ1) is 15.0. The number of nitriles is 1. The second kappa shape index (κ2) is 9.27. The SMILES string of the molecule is N#Cc1ccc(F)cc1CC(=O)C1CC2COCC(C1)N2C(=O)OCc1ccccc1. The number of morpholine rings is 1. The zero-order valence-electron chi connectivity index (χ0n) is 17.0. The number of piperidine rings is 1. The molecule has 2 fully saturated rings. The lowest BCUT2D eigenvalue weighted by atomic mass is 9.81. The first-order valence-corrected chi connectivity index (χ1v) is 10.3. The molecule has 0 radical (unpaired) electrons. The Labute approximate surface area is 180 Å². The van der Waals surface area contributed by atoms with Gasteiger partial charge in [-0.3, -0.25) is 9.69 Å². The number of rotatable bonds is 5. The third kappa shape index (κ3) is 4.75. The molecule has 2 saturated heterocycles. The number of amides is 1. The van der Waals surface area contributed by atoms with Crippen molar-refractivity contribution in [3.63, 3.8) is 0 Å². The molecule has 160 valence electrons. The minimum Gasteiger partial charge on any atom is -0.445 e. The highest BCUT2D eigenvalue weighted by atomic mass is 19.1. The first-order valence-electron chi connectivity index (χ1n) is 10.3. The normalized spacial score (nSPS) is 22.5. The van der Waals surface area contributed by atoms with Gasteiger partial charge in [-0.1, -0.05) is 30.3 Å². The van der Waals surface area contributed by atoms with E-state index in [-0.39, 0.29) is 36.8 Å². The summed E-state index contributed by atoms with van der Waals surface area (Å²) in [4.78, 5) is 27.4. The van der Waals surface area contributed by atoms with Gasteiger partial charge in [0, 0.05) is 12.3 Å². The van der Waals surface area contributed by atoms with Crippen molar-refractivity contribution in [3.05, 3.63) is 71.0 Å². The molecular weight excluding hydrogens is 399 g/mol. The zero-order valence-corrected chi connectivity index (χ0v) is 17.0. The van der Waals surface area contributed by atoms with E-state index in [1.165, 1.54) is 18.2 Å². The van der Waals surface area contributed by atoms with Gasteiger partial charge in [-0.05, 0) is 42.2 Å². The van der Waals surface area contributed by atoms with E-state index in [2.05, 4.69) is 0 Å². The van der Waals surface area contributed by atoms with Gasteiger partial charge in [0.15, 0.2) is 0 Å². The first kappa shape index (κ1) is 21.0. The summed E-state index contributed by atoms with van der Waals surface area (Å²) in [6.07, 6.45) is 0.536. The van der Waals surface area contributed by atoms with Crippen molar-refractivity contribution in [2.75, 3.05) is 13.2 Å². The molecule has 1 amide bonds. The van der Waals surface area contributed by atoms with Crippen LogP contribution in [0.15, 0.2) is 48.5 Å². The Hall–Kier alpha value is -3.24. The Morgan fingerprint density at radius 2 is 1.84 bits per heavy atom. The van der Waals surface area contributed by atoms with Crippen LogP contribution in [0.5, 0.6) is 0 Å². The molecule has 6 nitrogen and oxygen atoms in total. The van der Waals surface area contributed by atoms with Crippen LogP contribution < -0.4 is 0 Å². The van der Waals surface area contributed by atoms with Crippen LogP contribution in [0.4, 0.5) is 9.18 Å². The average Bonchev–Trinajstić information content (AvgIpc) is 2.77. The second-order valence-electron chi connectivity index (χ2n) is 8.02. The summed E-state index contributed by atoms with van der Waals surface area (Å²) < 4.78 is 24.7. The summed E-state index contributed by atoms with van der Waals surface area (Å²) in [6.45, 7) is 0.892. The fraction of sp³-hybridized carbons (Fsp3) is 0.375. The van der Waals surface area contributed by atoms with Crippen LogP contribution in [0.3, 0.4) is 0 Å². The van der Waals surface area contributed by atoms with Gasteiger partial charge in [-0.25, -0.2) is 9.18 Å². The quantitative estimate of drug-likeness (QED) is 0.735. The summed E-state index contributed by atoms with van der Waals surface area (Å²) in [7, 11) is 0. The van der Waals surface area contributed by atoms with E-state index in [4.69, 9.17) is 9.47 Å². The number of nitrogens with zero attached hydrogens (tertiary/aromatic N) is 2. The molecule has 2 aromatic rings. The molecule has 2 unspecified atom stereocenters. The molecule has 0 aromatic heterocycles. The van der Waals surface area contributed by atoms with E-state index in [1.807, 2.05) is 36.4 Å². The monoisotopic (exact) mass is 422 g/mol. The maximum absolute atomic E-state index is 13.6. The summed E-state index contributed by atoms with van der Waals surface area (Å²) in [6, 6.07) is 14.8. The number of hydrogen-bond acceptors (Lipinski definition) is 5. The zero-order chi connectivity index (χ0) is 21.8. The predicted molar refractivity (Wildman–Crippen MR) is 109 cm³/mol. The average molecular weight is 422 g/mol. The van der Waals surface area contributed by atoms with Crippen molar-refractivity contribution < 1.29 is 23.5 Å². The third-order valence-electron chi connectivity index (χ3n) is 5.94. The fourth-order valence-corrected chi connectivity index (χ4v) is 4.42. The molecule has 4 rings (SSSR count). The summed E-state index contributed by atoms with van der Waals surface area (Å²) in [5, 5.41) is 9.23. The Balaban J connectivity index is 1.41. The van der Waals surface area contributed by atoms with E-state index in [0.29, 0.717) is 37.2 Å². The number of hydrogen-bond donors (Lipinski definition) is 0. The third-order valence-corrected chi connectivity index (χ3v) is 5.94. The lowest BCUT2D eigenvalue weighted by molar-refractivity contribution is -0.130. The van der Waals surface area contributed by atoms with E-state index < -0.39 is 11.9 Å². The van der Waals surface area contributed by atoms with Crippen LogP contribution in [0.25, 0.3) is 0 Å². The summed E-state index contributed by atoms with van der Waals surface area (Å²) in [5.41, 5.74) is 1.62. The molecule has 2 atom stereocenters. The summed E-state index contributed by atoms with van der Waals surface area (Å²) >= 11 is 0. The van der Waals surface area contributed by atoms with Crippen LogP contribution in [0.1, 0.15) is 29.5 Å². The summed E-state index contributed by atoms with van der Waals surface area (Å²) in [5.74, 6) is -0.786. The van der Waals surface area contributed by atoms with Gasteiger partial charge in [0.05, 0.1) is 36.9 Å². The number of ketones is 1. The van der Waals surface area contributed by atoms with Crippen LogP contribution in [-0.4, -0.2) is 42.1 Å².